The molecule has 2 aromatic carbocycles. The summed E-state index contributed by atoms with van der Waals surface area (Å²) < 4.78 is 12.9. The molecule has 8 heteroatoms. The average Bonchev–Trinajstić information content (AvgIpc) is 3.22. The van der Waals surface area contributed by atoms with Gasteiger partial charge in [-0.25, -0.2) is 0 Å². The Morgan fingerprint density at radius 2 is 2.00 bits per heavy atom. The predicted octanol–water partition coefficient (Wildman–Crippen LogP) is 3.11. The van der Waals surface area contributed by atoms with Gasteiger partial charge < -0.3 is 24.9 Å². The lowest BCUT2D eigenvalue weighted by molar-refractivity contribution is -0.123. The van der Waals surface area contributed by atoms with Gasteiger partial charge in [0.2, 0.25) is 5.91 Å². The number of aromatic nitrogens is 3. The Kier molecular flexibility index (Phi) is 4.51. The van der Waals surface area contributed by atoms with E-state index in [-0.39, 0.29) is 5.91 Å². The van der Waals surface area contributed by atoms with Crippen molar-refractivity contribution in [2.75, 3.05) is 7.11 Å². The summed E-state index contributed by atoms with van der Waals surface area (Å²) in [5, 5.41) is 7.86. The maximum atomic E-state index is 12.1. The Labute approximate surface area is 179 Å². The summed E-state index contributed by atoms with van der Waals surface area (Å²) in [6.07, 6.45) is 1.50. The Morgan fingerprint density at radius 3 is 2.65 bits per heavy atom. The van der Waals surface area contributed by atoms with Crippen LogP contribution in [0.3, 0.4) is 0 Å². The first-order valence-corrected chi connectivity index (χ1v) is 10.1. The van der Waals surface area contributed by atoms with Crippen molar-refractivity contribution < 1.29 is 14.1 Å². The van der Waals surface area contributed by atoms with Crippen LogP contribution in [0.15, 0.2) is 53.1 Å². The lowest BCUT2D eigenvalue weighted by atomic mass is 10.2. The molecule has 31 heavy (non-hydrogen) atoms. The van der Waals surface area contributed by atoms with E-state index in [1.807, 2.05) is 48.5 Å². The van der Waals surface area contributed by atoms with Gasteiger partial charge in [-0.1, -0.05) is 17.3 Å². The molecular formula is C23H23N5O3. The molecule has 0 spiro atoms. The molecule has 1 fully saturated rings. The van der Waals surface area contributed by atoms with Crippen LogP contribution in [0.2, 0.25) is 0 Å². The van der Waals surface area contributed by atoms with Crippen molar-refractivity contribution in [2.24, 2.45) is 5.73 Å². The molecule has 3 N–H and O–H groups in total. The molecule has 0 atom stereocenters. The Hall–Kier alpha value is -3.65. The smallest absolute Gasteiger partial charge is 0.274 e. The number of hydrogen-bond donors (Lipinski definition) is 2. The summed E-state index contributed by atoms with van der Waals surface area (Å²) in [7, 11) is 1.65. The molecule has 0 aliphatic heterocycles. The third-order valence-corrected chi connectivity index (χ3v) is 5.64. The number of amides is 1. The van der Waals surface area contributed by atoms with Gasteiger partial charge in [0.15, 0.2) is 5.82 Å². The highest BCUT2D eigenvalue weighted by Crippen LogP contribution is 2.33. The minimum atomic E-state index is -0.665. The van der Waals surface area contributed by atoms with Crippen LogP contribution in [0, 0.1) is 6.92 Å². The molecule has 8 nitrogen and oxygen atoms in total. The zero-order chi connectivity index (χ0) is 21.6. The normalized spacial score (nSPS) is 14.5. The summed E-state index contributed by atoms with van der Waals surface area (Å²) in [5.74, 6) is 1.71. The minimum absolute atomic E-state index is 0.0871. The number of rotatable bonds is 6. The fourth-order valence-electron chi connectivity index (χ4n) is 3.64. The number of benzene rings is 2. The van der Waals surface area contributed by atoms with Crippen LogP contribution in [0.5, 0.6) is 5.75 Å². The number of ether oxygens (including phenoxy) is 1. The number of methoxy groups -OCH3 is 1. The highest BCUT2D eigenvalue weighted by atomic mass is 16.5. The summed E-state index contributed by atoms with van der Waals surface area (Å²) in [4.78, 5) is 16.5. The van der Waals surface area contributed by atoms with E-state index in [0.29, 0.717) is 18.3 Å². The third kappa shape index (κ3) is 3.55. The van der Waals surface area contributed by atoms with E-state index in [1.54, 1.807) is 14.0 Å². The van der Waals surface area contributed by atoms with Crippen molar-refractivity contribution in [1.82, 2.24) is 20.0 Å². The molecule has 0 bridgehead atoms. The SMILES string of the molecule is COc1ccc2c(c1)cc(-c1nc(C)no1)n2-c1ccc(CNC(=O)C2(N)CC2)cc1. The molecule has 0 saturated heterocycles. The molecule has 5 rings (SSSR count). The minimum Gasteiger partial charge on any atom is -0.497 e. The maximum Gasteiger partial charge on any atom is 0.274 e. The van der Waals surface area contributed by atoms with Crippen molar-refractivity contribution in [3.05, 3.63) is 59.9 Å². The standard InChI is InChI=1S/C23H23N5O3/c1-14-26-21(31-27-14)20-12-16-11-18(30-2)7-8-19(16)28(20)17-5-3-15(4-6-17)13-25-22(29)23(24)9-10-23/h3-8,11-12H,9-10,13,24H2,1-2H3,(H,25,29). The third-order valence-electron chi connectivity index (χ3n) is 5.64. The van der Waals surface area contributed by atoms with Crippen LogP contribution >= 0.6 is 0 Å². The van der Waals surface area contributed by atoms with Crippen molar-refractivity contribution in [1.29, 1.82) is 0 Å². The highest BCUT2D eigenvalue weighted by Gasteiger charge is 2.45. The molecule has 0 unspecified atom stereocenters. The van der Waals surface area contributed by atoms with Crippen molar-refractivity contribution in [3.63, 3.8) is 0 Å². The second kappa shape index (κ2) is 7.24. The van der Waals surface area contributed by atoms with Crippen LogP contribution in [0.4, 0.5) is 0 Å². The number of nitrogens with one attached hydrogen (secondary N) is 1. The van der Waals surface area contributed by atoms with Gasteiger partial charge in [0.05, 0.1) is 18.2 Å². The van der Waals surface area contributed by atoms with Crippen molar-refractivity contribution >= 4 is 16.8 Å². The largest absolute Gasteiger partial charge is 0.497 e. The van der Waals surface area contributed by atoms with Gasteiger partial charge in [-0.2, -0.15) is 4.98 Å². The zero-order valence-corrected chi connectivity index (χ0v) is 17.4. The maximum absolute atomic E-state index is 12.1. The van der Waals surface area contributed by atoms with Gasteiger partial charge in [0.1, 0.15) is 11.4 Å². The lowest BCUT2D eigenvalue weighted by Gasteiger charge is -2.12. The molecular weight excluding hydrogens is 394 g/mol. The molecule has 4 aromatic rings. The second-order valence-electron chi connectivity index (χ2n) is 7.94. The fraction of sp³-hybridized carbons (Fsp3) is 0.261. The number of aryl methyl sites for hydroxylation is 1. The average molecular weight is 417 g/mol. The van der Waals surface area contributed by atoms with Crippen LogP contribution in [-0.2, 0) is 11.3 Å². The monoisotopic (exact) mass is 417 g/mol. The number of fused-ring (bicyclic) bond motifs is 1. The molecule has 0 radical (unpaired) electrons. The molecule has 2 aromatic heterocycles. The summed E-state index contributed by atoms with van der Waals surface area (Å²) in [6.45, 7) is 2.23. The Balaban J connectivity index is 1.50. The van der Waals surface area contributed by atoms with Crippen LogP contribution < -0.4 is 15.8 Å². The number of nitrogens with zero attached hydrogens (tertiary/aromatic N) is 3. The van der Waals surface area contributed by atoms with Gasteiger partial charge in [-0.3, -0.25) is 4.79 Å². The van der Waals surface area contributed by atoms with Crippen molar-refractivity contribution in [3.8, 4) is 23.0 Å². The molecule has 1 saturated carbocycles. The number of hydrogen-bond acceptors (Lipinski definition) is 6. The molecule has 1 aliphatic carbocycles. The molecule has 2 heterocycles. The van der Waals surface area contributed by atoms with Gasteiger partial charge >= 0.3 is 0 Å². The van der Waals surface area contributed by atoms with Crippen LogP contribution in [0.1, 0.15) is 24.2 Å². The second-order valence-corrected chi connectivity index (χ2v) is 7.94. The summed E-state index contributed by atoms with van der Waals surface area (Å²) >= 11 is 0. The van der Waals surface area contributed by atoms with E-state index in [0.717, 1.165) is 46.4 Å². The van der Waals surface area contributed by atoms with Crippen molar-refractivity contribution in [2.45, 2.75) is 31.8 Å². The summed E-state index contributed by atoms with van der Waals surface area (Å²) in [6, 6.07) is 15.9. The van der Waals surface area contributed by atoms with Gasteiger partial charge in [-0.05, 0) is 61.7 Å². The van der Waals surface area contributed by atoms with Gasteiger partial charge in [0, 0.05) is 17.6 Å². The number of carbonyl (C=O) groups is 1. The first-order chi connectivity index (χ1) is 15.0. The topological polar surface area (TPSA) is 108 Å². The van der Waals surface area contributed by atoms with Gasteiger partial charge in [-0.15, -0.1) is 0 Å². The fourth-order valence-corrected chi connectivity index (χ4v) is 3.64. The highest BCUT2D eigenvalue weighted by molar-refractivity contribution is 5.89. The number of nitrogens with two attached hydrogens (primary N) is 1. The zero-order valence-electron chi connectivity index (χ0n) is 17.4. The summed E-state index contributed by atoms with van der Waals surface area (Å²) in [5.41, 5.74) is 9.01. The van der Waals surface area contributed by atoms with E-state index in [9.17, 15) is 4.79 Å². The van der Waals surface area contributed by atoms with E-state index < -0.39 is 5.54 Å². The van der Waals surface area contributed by atoms with E-state index in [1.165, 1.54) is 0 Å². The number of carbonyl (C=O) groups excluding carboxylic acids is 1. The van der Waals surface area contributed by atoms with Crippen LogP contribution in [0.25, 0.3) is 28.2 Å². The van der Waals surface area contributed by atoms with Crippen LogP contribution in [-0.4, -0.2) is 33.3 Å². The Morgan fingerprint density at radius 1 is 1.23 bits per heavy atom. The van der Waals surface area contributed by atoms with E-state index >= 15 is 0 Å². The first-order valence-electron chi connectivity index (χ1n) is 10.1. The van der Waals surface area contributed by atoms with Gasteiger partial charge in [0.25, 0.3) is 5.89 Å². The molecule has 158 valence electrons. The van der Waals surface area contributed by atoms with E-state index in [4.69, 9.17) is 15.0 Å². The molecule has 1 amide bonds. The van der Waals surface area contributed by atoms with E-state index in [2.05, 4.69) is 20.0 Å². The quantitative estimate of drug-likeness (QED) is 0.499. The predicted molar refractivity (Wildman–Crippen MR) is 116 cm³/mol. The lowest BCUT2D eigenvalue weighted by Crippen LogP contribution is -2.42. The Bertz CT molecular complexity index is 1270. The molecule has 1 aliphatic rings. The first kappa shape index (κ1) is 19.3.